The highest BCUT2D eigenvalue weighted by Gasteiger charge is 2.24. The minimum atomic E-state index is -1.27. The first-order valence-electron chi connectivity index (χ1n) is 10.3. The number of nitrogens with one attached hydrogen (secondary N) is 1. The lowest BCUT2D eigenvalue weighted by molar-refractivity contribution is -0.123. The highest BCUT2D eigenvalue weighted by Crippen LogP contribution is 2.26. The highest BCUT2D eigenvalue weighted by atomic mass is 32.1. The van der Waals surface area contributed by atoms with E-state index >= 15 is 0 Å². The summed E-state index contributed by atoms with van der Waals surface area (Å²) < 4.78 is 33.2. The van der Waals surface area contributed by atoms with Gasteiger partial charge in [0.05, 0.1) is 11.4 Å². The molecule has 1 amide bonds. The summed E-state index contributed by atoms with van der Waals surface area (Å²) in [4.78, 5) is 41.7. The third kappa shape index (κ3) is 5.30. The number of hydrogen-bond acceptors (Lipinski definition) is 7. The van der Waals surface area contributed by atoms with Gasteiger partial charge in [-0.1, -0.05) is 18.2 Å². The number of thiazole rings is 1. The number of benzene rings is 2. The molecule has 0 spiro atoms. The number of carbonyl (C=O) groups is 2. The number of carbonyl (C=O) groups excluding carboxylic acids is 2. The summed E-state index contributed by atoms with van der Waals surface area (Å²) in [5.41, 5.74) is 0.728. The summed E-state index contributed by atoms with van der Waals surface area (Å²) >= 11 is 1.05. The first-order valence-corrected chi connectivity index (χ1v) is 11.2. The minimum absolute atomic E-state index is 0.164. The van der Waals surface area contributed by atoms with Gasteiger partial charge in [0.15, 0.2) is 22.9 Å². The molecule has 1 unspecified atom stereocenters. The third-order valence-corrected chi connectivity index (χ3v) is 5.66. The molecule has 35 heavy (non-hydrogen) atoms. The van der Waals surface area contributed by atoms with Crippen LogP contribution in [0, 0.1) is 18.6 Å². The van der Waals surface area contributed by atoms with E-state index in [-0.39, 0.29) is 5.13 Å². The highest BCUT2D eigenvalue weighted by molar-refractivity contribution is 7.14. The molecule has 8 nitrogen and oxygen atoms in total. The SMILES string of the molecule is Cc1cc(=O)c(C(=O)OC(C)C(=O)Nc2nc(-c3ccc(F)c(F)c3)cs2)nn1-c1ccccc1. The van der Waals surface area contributed by atoms with Crippen molar-refractivity contribution in [2.45, 2.75) is 20.0 Å². The van der Waals surface area contributed by atoms with Crippen LogP contribution in [-0.4, -0.2) is 32.7 Å². The molecule has 1 atom stereocenters. The van der Waals surface area contributed by atoms with Gasteiger partial charge in [0, 0.05) is 22.7 Å². The second-order valence-electron chi connectivity index (χ2n) is 7.45. The normalized spacial score (nSPS) is 11.7. The second-order valence-corrected chi connectivity index (χ2v) is 8.31. The zero-order valence-corrected chi connectivity index (χ0v) is 19.3. The van der Waals surface area contributed by atoms with Crippen molar-refractivity contribution in [3.8, 4) is 16.9 Å². The van der Waals surface area contributed by atoms with Crippen LogP contribution in [0.4, 0.5) is 13.9 Å². The van der Waals surface area contributed by atoms with E-state index in [1.54, 1.807) is 36.6 Å². The Kier molecular flexibility index (Phi) is 6.78. The Morgan fingerprint density at radius 2 is 1.83 bits per heavy atom. The van der Waals surface area contributed by atoms with Gasteiger partial charge in [-0.2, -0.15) is 5.10 Å². The van der Waals surface area contributed by atoms with Gasteiger partial charge in [0.25, 0.3) is 5.91 Å². The molecule has 4 aromatic rings. The van der Waals surface area contributed by atoms with Crippen molar-refractivity contribution in [3.05, 3.63) is 93.2 Å². The van der Waals surface area contributed by atoms with Crippen molar-refractivity contribution in [2.75, 3.05) is 5.32 Å². The number of halogens is 2. The lowest BCUT2D eigenvalue weighted by atomic mass is 10.2. The maximum atomic E-state index is 13.5. The van der Waals surface area contributed by atoms with Gasteiger partial charge in [-0.3, -0.25) is 14.9 Å². The molecule has 11 heteroatoms. The maximum absolute atomic E-state index is 13.5. The molecule has 0 bridgehead atoms. The van der Waals surface area contributed by atoms with E-state index in [1.807, 2.05) is 6.07 Å². The zero-order valence-electron chi connectivity index (χ0n) is 18.5. The number of ether oxygens (including phenoxy) is 1. The molecule has 0 radical (unpaired) electrons. The maximum Gasteiger partial charge on any atom is 0.363 e. The molecule has 0 saturated carbocycles. The van der Waals surface area contributed by atoms with Crippen LogP contribution in [0.1, 0.15) is 23.1 Å². The Morgan fingerprint density at radius 1 is 1.09 bits per heavy atom. The fourth-order valence-electron chi connectivity index (χ4n) is 3.12. The second kappa shape index (κ2) is 9.94. The summed E-state index contributed by atoms with van der Waals surface area (Å²) in [6, 6.07) is 13.5. The fourth-order valence-corrected chi connectivity index (χ4v) is 3.84. The average molecular weight is 496 g/mol. The number of aryl methyl sites for hydroxylation is 1. The molecule has 2 aromatic heterocycles. The van der Waals surface area contributed by atoms with Crippen LogP contribution in [0.15, 0.2) is 64.8 Å². The first kappa shape index (κ1) is 23.9. The summed E-state index contributed by atoms with van der Waals surface area (Å²) in [6.45, 7) is 3.01. The Bertz CT molecular complexity index is 1470. The number of rotatable bonds is 6. The molecule has 2 aromatic carbocycles. The van der Waals surface area contributed by atoms with Gasteiger partial charge in [-0.05, 0) is 44.2 Å². The van der Waals surface area contributed by atoms with Crippen LogP contribution < -0.4 is 10.7 Å². The Labute approximate surface area is 201 Å². The number of esters is 1. The topological polar surface area (TPSA) is 103 Å². The van der Waals surface area contributed by atoms with Crippen LogP contribution in [0.25, 0.3) is 16.9 Å². The number of amides is 1. The number of aromatic nitrogens is 3. The van der Waals surface area contributed by atoms with E-state index < -0.39 is 40.7 Å². The quantitative estimate of drug-likeness (QED) is 0.403. The molecule has 0 aliphatic rings. The van der Waals surface area contributed by atoms with E-state index in [1.165, 1.54) is 23.7 Å². The van der Waals surface area contributed by atoms with Crippen molar-refractivity contribution in [1.82, 2.24) is 14.8 Å². The summed E-state index contributed by atoms with van der Waals surface area (Å²) in [7, 11) is 0. The van der Waals surface area contributed by atoms with Crippen LogP contribution >= 0.6 is 11.3 Å². The van der Waals surface area contributed by atoms with Crippen LogP contribution in [0.5, 0.6) is 0 Å². The molecule has 0 saturated heterocycles. The van der Waals surface area contributed by atoms with Crippen LogP contribution in [0.3, 0.4) is 0 Å². The average Bonchev–Trinajstić information content (AvgIpc) is 3.29. The van der Waals surface area contributed by atoms with E-state index in [2.05, 4.69) is 15.4 Å². The summed E-state index contributed by atoms with van der Waals surface area (Å²) in [6.07, 6.45) is -1.27. The number of nitrogens with zero attached hydrogens (tertiary/aromatic N) is 3. The van der Waals surface area contributed by atoms with Gasteiger partial charge in [0.1, 0.15) is 0 Å². The Morgan fingerprint density at radius 3 is 2.54 bits per heavy atom. The first-order chi connectivity index (χ1) is 16.7. The van der Waals surface area contributed by atoms with Crippen LogP contribution in [0.2, 0.25) is 0 Å². The Hall–Kier alpha value is -4.25. The lowest BCUT2D eigenvalue weighted by Crippen LogP contribution is -2.32. The van der Waals surface area contributed by atoms with Crippen molar-refractivity contribution in [3.63, 3.8) is 0 Å². The predicted molar refractivity (Wildman–Crippen MR) is 126 cm³/mol. The van der Waals surface area contributed by atoms with Crippen LogP contribution in [-0.2, 0) is 9.53 Å². The Balaban J connectivity index is 1.46. The van der Waals surface area contributed by atoms with Crippen molar-refractivity contribution in [1.29, 1.82) is 0 Å². The fraction of sp³-hybridized carbons (Fsp3) is 0.125. The minimum Gasteiger partial charge on any atom is -0.448 e. The number of anilines is 1. The smallest absolute Gasteiger partial charge is 0.363 e. The van der Waals surface area contributed by atoms with E-state index in [9.17, 15) is 23.2 Å². The molecule has 4 rings (SSSR count). The summed E-state index contributed by atoms with van der Waals surface area (Å²) in [5, 5.41) is 8.34. The van der Waals surface area contributed by atoms with Gasteiger partial charge < -0.3 is 4.74 Å². The molecule has 0 aliphatic carbocycles. The molecular weight excluding hydrogens is 478 g/mol. The molecule has 1 N–H and O–H groups in total. The largest absolute Gasteiger partial charge is 0.448 e. The molecular formula is C24H18F2N4O4S. The zero-order chi connectivity index (χ0) is 25.1. The number of hydrogen-bond donors (Lipinski definition) is 1. The van der Waals surface area contributed by atoms with Gasteiger partial charge in [-0.25, -0.2) is 23.2 Å². The van der Waals surface area contributed by atoms with Crippen molar-refractivity contribution in [2.24, 2.45) is 0 Å². The van der Waals surface area contributed by atoms with Gasteiger partial charge in [0.2, 0.25) is 11.1 Å². The van der Waals surface area contributed by atoms with Gasteiger partial charge >= 0.3 is 5.97 Å². The number of para-hydroxylation sites is 1. The van der Waals surface area contributed by atoms with E-state index in [4.69, 9.17) is 4.74 Å². The summed E-state index contributed by atoms with van der Waals surface area (Å²) in [5.74, 6) is -3.74. The molecule has 2 heterocycles. The molecule has 178 valence electrons. The lowest BCUT2D eigenvalue weighted by Gasteiger charge is -2.14. The molecule has 0 aliphatic heterocycles. The predicted octanol–water partition coefficient (Wildman–Crippen LogP) is 4.13. The monoisotopic (exact) mass is 496 g/mol. The van der Waals surface area contributed by atoms with Crippen molar-refractivity contribution >= 4 is 28.3 Å². The standard InChI is InChI=1S/C24H18F2N4O4S/c1-13-10-20(31)21(29-30(13)16-6-4-3-5-7-16)23(33)34-14(2)22(32)28-24-27-19(12-35-24)15-8-9-17(25)18(26)11-15/h3-12,14H,1-2H3,(H,27,28,32). The van der Waals surface area contributed by atoms with E-state index in [0.29, 0.717) is 22.6 Å². The molecule has 0 fully saturated rings. The third-order valence-electron chi connectivity index (χ3n) is 4.90. The van der Waals surface area contributed by atoms with E-state index in [0.717, 1.165) is 23.5 Å². The van der Waals surface area contributed by atoms with Crippen molar-refractivity contribution < 1.29 is 23.1 Å². The van der Waals surface area contributed by atoms with Gasteiger partial charge in [-0.15, -0.1) is 11.3 Å².